The highest BCUT2D eigenvalue weighted by molar-refractivity contribution is 6.36. The Morgan fingerprint density at radius 3 is 2.10 bits per heavy atom. The molecule has 2 aliphatic heterocycles. The van der Waals surface area contributed by atoms with Gasteiger partial charge in [-0.15, -0.1) is 0 Å². The Morgan fingerprint density at radius 2 is 1.44 bits per heavy atom. The maximum atomic E-state index is 13.3. The molecule has 5 heterocycles. The van der Waals surface area contributed by atoms with Gasteiger partial charge in [-0.25, -0.2) is 4.98 Å². The maximum absolute atomic E-state index is 13.3. The summed E-state index contributed by atoms with van der Waals surface area (Å²) in [5, 5.41) is 13.3. The van der Waals surface area contributed by atoms with Gasteiger partial charge in [0, 0.05) is 85.9 Å². The minimum atomic E-state index is -0.120. The lowest BCUT2D eigenvalue weighted by Gasteiger charge is -2.16. The van der Waals surface area contributed by atoms with Crippen molar-refractivity contribution in [2.75, 3.05) is 13.1 Å². The molecule has 256 valence electrons. The quantitative estimate of drug-likeness (QED) is 0.152. The van der Waals surface area contributed by atoms with Crippen molar-refractivity contribution in [1.29, 1.82) is 0 Å². The van der Waals surface area contributed by atoms with E-state index in [1.807, 2.05) is 49.4 Å². The van der Waals surface area contributed by atoms with Crippen LogP contribution in [-0.2, 0) is 22.7 Å². The summed E-state index contributed by atoms with van der Waals surface area (Å²) in [6.45, 7) is 6.48. The number of nitrogens with one attached hydrogen (secondary N) is 4. The molecule has 7 rings (SSSR count). The molecule has 2 saturated heterocycles. The van der Waals surface area contributed by atoms with Gasteiger partial charge in [0.15, 0.2) is 0 Å². The summed E-state index contributed by atoms with van der Waals surface area (Å²) in [5.41, 5.74) is 9.66. The first-order chi connectivity index (χ1) is 24.2. The summed E-state index contributed by atoms with van der Waals surface area (Å²) in [4.78, 5) is 45.8. The molecule has 5 aromatic rings. The molecule has 11 heteroatoms. The number of carbonyl (C=O) groups excluding carboxylic acids is 2. The Morgan fingerprint density at radius 1 is 0.800 bits per heavy atom. The van der Waals surface area contributed by atoms with Crippen molar-refractivity contribution in [3.8, 4) is 33.5 Å². The summed E-state index contributed by atoms with van der Waals surface area (Å²) in [5.74, 6) is 0.196. The van der Waals surface area contributed by atoms with Crippen LogP contribution in [0.5, 0.6) is 0 Å². The molecular weight excluding hydrogens is 650 g/mol. The summed E-state index contributed by atoms with van der Waals surface area (Å²) in [7, 11) is 0. The van der Waals surface area contributed by atoms with Gasteiger partial charge in [-0.1, -0.05) is 54.1 Å². The van der Waals surface area contributed by atoms with Crippen molar-refractivity contribution in [2.24, 2.45) is 0 Å². The van der Waals surface area contributed by atoms with E-state index in [1.165, 1.54) is 0 Å². The topological polar surface area (TPSA) is 130 Å². The van der Waals surface area contributed by atoms with E-state index in [0.29, 0.717) is 48.7 Å². The molecule has 3 aromatic heterocycles. The van der Waals surface area contributed by atoms with Crippen LogP contribution in [0.15, 0.2) is 77.9 Å². The second-order valence-electron chi connectivity index (χ2n) is 13.2. The fraction of sp³-hybridized carbons (Fsp3) is 0.308. The third-order valence-electron chi connectivity index (χ3n) is 9.77. The first-order valence-electron chi connectivity index (χ1n) is 17.1. The highest BCUT2D eigenvalue weighted by Crippen LogP contribution is 2.39. The molecule has 0 radical (unpaired) electrons. The van der Waals surface area contributed by atoms with Crippen LogP contribution in [0.2, 0.25) is 5.02 Å². The molecule has 10 nitrogen and oxygen atoms in total. The summed E-state index contributed by atoms with van der Waals surface area (Å²) in [6.07, 6.45) is 6.22. The van der Waals surface area contributed by atoms with E-state index >= 15 is 0 Å². The zero-order valence-corrected chi connectivity index (χ0v) is 28.9. The van der Waals surface area contributed by atoms with E-state index in [2.05, 4.69) is 51.4 Å². The van der Waals surface area contributed by atoms with Gasteiger partial charge in [-0.05, 0) is 72.7 Å². The number of fused-ring (bicyclic) bond motifs is 1. The van der Waals surface area contributed by atoms with Crippen LogP contribution in [0, 0.1) is 13.8 Å². The predicted molar refractivity (Wildman–Crippen MR) is 196 cm³/mol. The number of halogens is 1. The second kappa shape index (κ2) is 14.5. The SMILES string of the molecule is Cc1nc(-c2cccc(-c3cccc(-c4ccn5c(=O)c(CNCC6CCC(=O)N6)cnc5c4)c3C)c2Cl)ccc1CNCC1CCC(=O)N1. The number of rotatable bonds is 11. The number of amides is 2. The largest absolute Gasteiger partial charge is 0.352 e. The highest BCUT2D eigenvalue weighted by atomic mass is 35.5. The van der Waals surface area contributed by atoms with Crippen LogP contribution >= 0.6 is 11.6 Å². The maximum Gasteiger partial charge on any atom is 0.262 e. The fourth-order valence-electron chi connectivity index (χ4n) is 6.93. The van der Waals surface area contributed by atoms with Crippen LogP contribution in [0.3, 0.4) is 0 Å². The Kier molecular flexibility index (Phi) is 9.76. The minimum absolute atomic E-state index is 0.0738. The van der Waals surface area contributed by atoms with Crippen molar-refractivity contribution in [1.82, 2.24) is 35.6 Å². The number of pyridine rings is 2. The van der Waals surface area contributed by atoms with Crippen LogP contribution < -0.4 is 26.8 Å². The molecule has 2 unspecified atom stereocenters. The molecule has 0 bridgehead atoms. The van der Waals surface area contributed by atoms with Gasteiger partial charge < -0.3 is 21.3 Å². The average molecular weight is 690 g/mol. The molecule has 0 saturated carbocycles. The lowest BCUT2D eigenvalue weighted by Crippen LogP contribution is -2.36. The van der Waals surface area contributed by atoms with Crippen molar-refractivity contribution >= 4 is 29.1 Å². The van der Waals surface area contributed by atoms with Crippen molar-refractivity contribution in [2.45, 2.75) is 64.7 Å². The fourth-order valence-corrected chi connectivity index (χ4v) is 7.25. The number of hydrogen-bond acceptors (Lipinski definition) is 7. The Hall–Kier alpha value is -4.90. The van der Waals surface area contributed by atoms with E-state index in [1.54, 1.807) is 16.8 Å². The van der Waals surface area contributed by atoms with E-state index in [0.717, 1.165) is 69.7 Å². The number of benzene rings is 2. The normalized spacial score (nSPS) is 17.3. The van der Waals surface area contributed by atoms with Crippen molar-refractivity contribution in [3.05, 3.63) is 111 Å². The Bertz CT molecular complexity index is 2160. The van der Waals surface area contributed by atoms with Crippen molar-refractivity contribution < 1.29 is 9.59 Å². The van der Waals surface area contributed by atoms with Gasteiger partial charge >= 0.3 is 0 Å². The molecule has 2 aromatic carbocycles. The molecule has 50 heavy (non-hydrogen) atoms. The van der Waals surface area contributed by atoms with Gasteiger partial charge in [0.2, 0.25) is 11.8 Å². The lowest BCUT2D eigenvalue weighted by atomic mass is 9.92. The van der Waals surface area contributed by atoms with Crippen LogP contribution in [0.4, 0.5) is 0 Å². The van der Waals surface area contributed by atoms with E-state index in [-0.39, 0.29) is 29.5 Å². The molecule has 2 amide bonds. The van der Waals surface area contributed by atoms with Gasteiger partial charge in [0.25, 0.3) is 5.56 Å². The van der Waals surface area contributed by atoms with Crippen LogP contribution in [0.25, 0.3) is 39.2 Å². The zero-order valence-electron chi connectivity index (χ0n) is 28.2. The number of carbonyl (C=O) groups is 2. The molecule has 0 aliphatic carbocycles. The van der Waals surface area contributed by atoms with E-state index in [9.17, 15) is 14.4 Å². The minimum Gasteiger partial charge on any atom is -0.352 e. The summed E-state index contributed by atoms with van der Waals surface area (Å²) >= 11 is 7.14. The smallest absolute Gasteiger partial charge is 0.262 e. The van der Waals surface area contributed by atoms with Gasteiger partial charge in [0.1, 0.15) is 5.65 Å². The number of nitrogens with zero attached hydrogens (tertiary/aromatic N) is 3. The summed E-state index contributed by atoms with van der Waals surface area (Å²) < 4.78 is 1.57. The third kappa shape index (κ3) is 7.05. The molecule has 2 aliphatic rings. The van der Waals surface area contributed by atoms with Gasteiger partial charge in [-0.2, -0.15) is 0 Å². The van der Waals surface area contributed by atoms with E-state index in [4.69, 9.17) is 16.6 Å². The molecule has 0 spiro atoms. The van der Waals surface area contributed by atoms with Gasteiger partial charge in [-0.3, -0.25) is 23.8 Å². The zero-order chi connectivity index (χ0) is 34.8. The molecular formula is C39H40ClN7O3. The Labute approximate surface area is 295 Å². The second-order valence-corrected chi connectivity index (χ2v) is 13.6. The molecule has 2 fully saturated rings. The number of hydrogen-bond donors (Lipinski definition) is 4. The average Bonchev–Trinajstić information content (AvgIpc) is 3.73. The molecule has 4 N–H and O–H groups in total. The van der Waals surface area contributed by atoms with Crippen LogP contribution in [0.1, 0.15) is 48.1 Å². The standard InChI is InChI=1S/C39H40ClN7O3/c1-23-30(25-15-16-47-35(17-25)43-20-27(39(47)50)19-42-22-29-11-14-37(49)46-29)5-3-6-31(23)32-7-4-8-33(38(32)40)34-12-9-26(24(2)44-34)18-41-21-28-10-13-36(48)45-28/h3-9,12,15-17,20,28-29,41-42H,10-11,13-14,18-19,21-22H2,1-2H3,(H,45,48)(H,46,49). The lowest BCUT2D eigenvalue weighted by molar-refractivity contribution is -0.120. The van der Waals surface area contributed by atoms with Gasteiger partial charge in [0.05, 0.1) is 10.7 Å². The Balaban J connectivity index is 1.09. The number of aryl methyl sites for hydroxylation is 1. The van der Waals surface area contributed by atoms with Crippen LogP contribution in [-0.4, -0.2) is 51.4 Å². The van der Waals surface area contributed by atoms with Crippen molar-refractivity contribution in [3.63, 3.8) is 0 Å². The first-order valence-corrected chi connectivity index (χ1v) is 17.5. The third-order valence-corrected chi connectivity index (χ3v) is 10.2. The highest BCUT2D eigenvalue weighted by Gasteiger charge is 2.21. The number of aromatic nitrogens is 3. The molecule has 2 atom stereocenters. The first kappa shape index (κ1) is 33.6. The van der Waals surface area contributed by atoms with E-state index < -0.39 is 0 Å². The predicted octanol–water partition coefficient (Wildman–Crippen LogP) is 5.10. The summed E-state index contributed by atoms with van der Waals surface area (Å²) in [6, 6.07) is 20.4. The monoisotopic (exact) mass is 689 g/mol.